The van der Waals surface area contributed by atoms with Crippen LogP contribution in [0.3, 0.4) is 0 Å². The molecule has 1 heterocycles. The molecule has 1 aromatic carbocycles. The van der Waals surface area contributed by atoms with Crippen LogP contribution in [-0.2, 0) is 25.5 Å². The van der Waals surface area contributed by atoms with Crippen LogP contribution in [0.2, 0.25) is 0 Å². The average Bonchev–Trinajstić information content (AvgIpc) is 2.73. The van der Waals surface area contributed by atoms with Crippen molar-refractivity contribution in [1.29, 1.82) is 0 Å². The Morgan fingerprint density at radius 3 is 2.75 bits per heavy atom. The third kappa shape index (κ3) is 7.68. The quantitative estimate of drug-likeness (QED) is 0.763. The standard InChI is InChI=1S/C21H31N3O4/c1-28-16-20(26)24-14-5-8-18(10-13-22-19(25)11-15-24)21(27)23-12-9-17-6-3-2-4-7-17/h2-4,6-7,18H,5,8-16H2,1H3,(H,22,25)(H,23,27). The van der Waals surface area contributed by atoms with Crippen LogP contribution in [0.15, 0.2) is 30.3 Å². The van der Waals surface area contributed by atoms with Crippen LogP contribution < -0.4 is 10.6 Å². The molecule has 1 aliphatic rings. The Kier molecular flexibility index (Phi) is 9.48. The number of hydrogen-bond donors (Lipinski definition) is 2. The van der Waals surface area contributed by atoms with Crippen molar-refractivity contribution in [2.24, 2.45) is 5.92 Å². The Balaban J connectivity index is 1.87. The van der Waals surface area contributed by atoms with Gasteiger partial charge in [0.25, 0.3) is 0 Å². The van der Waals surface area contributed by atoms with Gasteiger partial charge in [0, 0.05) is 45.6 Å². The highest BCUT2D eigenvalue weighted by atomic mass is 16.5. The van der Waals surface area contributed by atoms with E-state index in [0.29, 0.717) is 39.0 Å². The summed E-state index contributed by atoms with van der Waals surface area (Å²) in [5.74, 6) is -0.383. The van der Waals surface area contributed by atoms with Crippen molar-refractivity contribution in [2.75, 3.05) is 39.9 Å². The molecule has 0 radical (unpaired) electrons. The van der Waals surface area contributed by atoms with Gasteiger partial charge in [-0.05, 0) is 31.2 Å². The number of ether oxygens (including phenoxy) is 1. The van der Waals surface area contributed by atoms with E-state index in [1.807, 2.05) is 30.3 Å². The molecule has 0 bridgehead atoms. The minimum absolute atomic E-state index is 0.00498. The van der Waals surface area contributed by atoms with Gasteiger partial charge in [0.2, 0.25) is 17.7 Å². The van der Waals surface area contributed by atoms with Gasteiger partial charge >= 0.3 is 0 Å². The Bertz CT molecular complexity index is 636. The molecule has 1 aromatic rings. The second-order valence-corrected chi connectivity index (χ2v) is 7.07. The summed E-state index contributed by atoms with van der Waals surface area (Å²) in [4.78, 5) is 38.4. The molecule has 0 saturated carbocycles. The molecular weight excluding hydrogens is 358 g/mol. The monoisotopic (exact) mass is 389 g/mol. The third-order valence-corrected chi connectivity index (χ3v) is 4.95. The summed E-state index contributed by atoms with van der Waals surface area (Å²) in [5, 5.41) is 5.86. The first-order valence-electron chi connectivity index (χ1n) is 9.95. The molecule has 0 spiro atoms. The molecule has 1 atom stereocenters. The van der Waals surface area contributed by atoms with Crippen molar-refractivity contribution in [3.05, 3.63) is 35.9 Å². The Hall–Kier alpha value is -2.41. The van der Waals surface area contributed by atoms with Gasteiger partial charge in [0.15, 0.2) is 0 Å². The van der Waals surface area contributed by atoms with Crippen LogP contribution in [0.5, 0.6) is 0 Å². The minimum Gasteiger partial charge on any atom is -0.375 e. The molecule has 28 heavy (non-hydrogen) atoms. The molecule has 3 amide bonds. The van der Waals surface area contributed by atoms with Gasteiger partial charge in [-0.1, -0.05) is 30.3 Å². The van der Waals surface area contributed by atoms with E-state index in [9.17, 15) is 14.4 Å². The summed E-state index contributed by atoms with van der Waals surface area (Å²) in [6.45, 7) is 1.97. The molecule has 0 aromatic heterocycles. The predicted molar refractivity (Wildman–Crippen MR) is 107 cm³/mol. The number of nitrogens with zero attached hydrogens (tertiary/aromatic N) is 1. The number of methoxy groups -OCH3 is 1. The molecule has 0 aliphatic carbocycles. The van der Waals surface area contributed by atoms with E-state index in [1.54, 1.807) is 4.90 Å². The zero-order valence-electron chi connectivity index (χ0n) is 16.6. The van der Waals surface area contributed by atoms with Crippen LogP contribution in [0.4, 0.5) is 0 Å². The second kappa shape index (κ2) is 12.1. The number of carbonyl (C=O) groups is 3. The summed E-state index contributed by atoms with van der Waals surface area (Å²) in [6, 6.07) is 10.0. The summed E-state index contributed by atoms with van der Waals surface area (Å²) >= 11 is 0. The van der Waals surface area contributed by atoms with Crippen LogP contribution in [-0.4, -0.2) is 62.5 Å². The van der Waals surface area contributed by atoms with Crippen molar-refractivity contribution in [1.82, 2.24) is 15.5 Å². The highest BCUT2D eigenvalue weighted by Gasteiger charge is 2.21. The van der Waals surface area contributed by atoms with E-state index in [4.69, 9.17) is 4.74 Å². The largest absolute Gasteiger partial charge is 0.375 e. The first-order chi connectivity index (χ1) is 13.6. The van der Waals surface area contributed by atoms with Crippen molar-refractivity contribution < 1.29 is 19.1 Å². The predicted octanol–water partition coefficient (Wildman–Crippen LogP) is 1.13. The van der Waals surface area contributed by atoms with E-state index in [1.165, 1.54) is 12.7 Å². The van der Waals surface area contributed by atoms with Gasteiger partial charge < -0.3 is 20.3 Å². The molecule has 1 saturated heterocycles. The highest BCUT2D eigenvalue weighted by Crippen LogP contribution is 2.13. The minimum atomic E-state index is -0.173. The Morgan fingerprint density at radius 2 is 2.00 bits per heavy atom. The van der Waals surface area contributed by atoms with Gasteiger partial charge in [0.1, 0.15) is 6.61 Å². The Labute approximate surface area is 166 Å². The average molecular weight is 389 g/mol. The van der Waals surface area contributed by atoms with E-state index in [0.717, 1.165) is 12.8 Å². The lowest BCUT2D eigenvalue weighted by molar-refractivity contribution is -0.135. The molecule has 2 N–H and O–H groups in total. The number of rotatable bonds is 6. The molecule has 1 fully saturated rings. The lowest BCUT2D eigenvalue weighted by Gasteiger charge is -2.22. The maximum Gasteiger partial charge on any atom is 0.248 e. The lowest BCUT2D eigenvalue weighted by atomic mass is 9.98. The second-order valence-electron chi connectivity index (χ2n) is 7.07. The fraction of sp³-hybridized carbons (Fsp3) is 0.571. The number of nitrogens with one attached hydrogen (secondary N) is 2. The first-order valence-corrected chi connectivity index (χ1v) is 9.95. The molecule has 1 unspecified atom stereocenters. The van der Waals surface area contributed by atoms with Gasteiger partial charge in [-0.3, -0.25) is 14.4 Å². The highest BCUT2D eigenvalue weighted by molar-refractivity contribution is 5.80. The van der Waals surface area contributed by atoms with E-state index < -0.39 is 0 Å². The van der Waals surface area contributed by atoms with Crippen molar-refractivity contribution in [3.8, 4) is 0 Å². The fourth-order valence-corrected chi connectivity index (χ4v) is 3.34. The number of hydrogen-bond acceptors (Lipinski definition) is 4. The van der Waals surface area contributed by atoms with Gasteiger partial charge in [0.05, 0.1) is 0 Å². The third-order valence-electron chi connectivity index (χ3n) is 4.95. The number of amides is 3. The van der Waals surface area contributed by atoms with Crippen molar-refractivity contribution >= 4 is 17.7 Å². The molecule has 154 valence electrons. The van der Waals surface area contributed by atoms with E-state index in [-0.39, 0.29) is 36.7 Å². The summed E-state index contributed by atoms with van der Waals surface area (Å²) < 4.78 is 4.92. The maximum absolute atomic E-state index is 12.6. The number of carbonyl (C=O) groups excluding carboxylic acids is 3. The van der Waals surface area contributed by atoms with Crippen LogP contribution >= 0.6 is 0 Å². The zero-order valence-corrected chi connectivity index (χ0v) is 16.6. The molecule has 2 rings (SSSR count). The van der Waals surface area contributed by atoms with Gasteiger partial charge in [-0.2, -0.15) is 0 Å². The zero-order chi connectivity index (χ0) is 20.2. The normalized spacial score (nSPS) is 18.7. The van der Waals surface area contributed by atoms with Crippen molar-refractivity contribution in [3.63, 3.8) is 0 Å². The maximum atomic E-state index is 12.6. The van der Waals surface area contributed by atoms with E-state index >= 15 is 0 Å². The van der Waals surface area contributed by atoms with Gasteiger partial charge in [-0.15, -0.1) is 0 Å². The SMILES string of the molecule is COCC(=O)N1CCCC(C(=O)NCCc2ccccc2)CCNC(=O)CC1. The van der Waals surface area contributed by atoms with E-state index in [2.05, 4.69) is 10.6 Å². The molecule has 7 heteroatoms. The summed E-state index contributed by atoms with van der Waals surface area (Å²) in [5.41, 5.74) is 1.19. The van der Waals surface area contributed by atoms with Crippen LogP contribution in [0.1, 0.15) is 31.2 Å². The molecule has 7 nitrogen and oxygen atoms in total. The Morgan fingerprint density at radius 1 is 1.21 bits per heavy atom. The topological polar surface area (TPSA) is 87.7 Å². The smallest absolute Gasteiger partial charge is 0.248 e. The number of benzene rings is 1. The van der Waals surface area contributed by atoms with Gasteiger partial charge in [-0.25, -0.2) is 0 Å². The first kappa shape index (κ1) is 21.9. The lowest BCUT2D eigenvalue weighted by Crippen LogP contribution is -2.37. The fourth-order valence-electron chi connectivity index (χ4n) is 3.34. The molecular formula is C21H31N3O4. The van der Waals surface area contributed by atoms with Crippen LogP contribution in [0.25, 0.3) is 0 Å². The summed E-state index contributed by atoms with van der Waals surface area (Å²) in [7, 11) is 1.48. The van der Waals surface area contributed by atoms with Crippen molar-refractivity contribution in [2.45, 2.75) is 32.1 Å². The molecule has 1 aliphatic heterocycles. The summed E-state index contributed by atoms with van der Waals surface area (Å²) in [6.07, 6.45) is 3.07. The van der Waals surface area contributed by atoms with Crippen LogP contribution in [0, 0.1) is 5.92 Å².